The molecule has 0 saturated carbocycles. The van der Waals surface area contributed by atoms with Gasteiger partial charge in [0.1, 0.15) is 6.29 Å². The Balaban J connectivity index is 2.90. The van der Waals surface area contributed by atoms with Crippen LogP contribution in [0.4, 0.5) is 0 Å². The summed E-state index contributed by atoms with van der Waals surface area (Å²) in [4.78, 5) is 10.2. The molecule has 1 nitrogen and oxygen atoms in total. The fourth-order valence-corrected chi connectivity index (χ4v) is 3.42. The molecule has 0 fully saturated rings. The summed E-state index contributed by atoms with van der Waals surface area (Å²) in [7, 11) is 0. The molecule has 0 rings (SSSR count). The molecule has 0 aromatic rings. The first-order valence-electron chi connectivity index (χ1n) is 8.93. The molecule has 20 heavy (non-hydrogen) atoms. The minimum absolute atomic E-state index is 0.759. The van der Waals surface area contributed by atoms with Crippen molar-refractivity contribution < 1.29 is 4.79 Å². The van der Waals surface area contributed by atoms with Crippen molar-refractivity contribution in [3.05, 3.63) is 0 Å². The average molecular weight is 301 g/mol. The van der Waals surface area contributed by atoms with E-state index in [9.17, 15) is 4.79 Å². The van der Waals surface area contributed by atoms with Crippen LogP contribution in [0.3, 0.4) is 0 Å². The molecule has 0 aliphatic rings. The van der Waals surface area contributed by atoms with Gasteiger partial charge in [0.05, 0.1) is 0 Å². The molecule has 120 valence electrons. The summed E-state index contributed by atoms with van der Waals surface area (Å²) in [5.41, 5.74) is 0. The summed E-state index contributed by atoms with van der Waals surface area (Å²) in [5.74, 6) is 2.73. The maximum atomic E-state index is 10.2. The zero-order chi connectivity index (χ0) is 14.7. The van der Waals surface area contributed by atoms with Crippen LogP contribution < -0.4 is 0 Å². The number of carbonyl (C=O) groups excluding carboxylic acids is 1. The maximum absolute atomic E-state index is 10.2. The van der Waals surface area contributed by atoms with Crippen molar-refractivity contribution in [3.63, 3.8) is 0 Å². The summed E-state index contributed by atoms with van der Waals surface area (Å²) in [5, 5.41) is 0. The van der Waals surface area contributed by atoms with Crippen LogP contribution in [-0.4, -0.2) is 17.8 Å². The lowest BCUT2D eigenvalue weighted by Crippen LogP contribution is -1.87. The third kappa shape index (κ3) is 18.0. The van der Waals surface area contributed by atoms with E-state index in [0.717, 1.165) is 19.1 Å². The van der Waals surface area contributed by atoms with Crippen LogP contribution in [0.5, 0.6) is 0 Å². The third-order valence-electron chi connectivity index (χ3n) is 3.75. The summed E-state index contributed by atoms with van der Waals surface area (Å²) < 4.78 is 0. The second-order valence-corrected chi connectivity index (χ2v) is 7.04. The number of aldehydes is 1. The number of rotatable bonds is 17. The Kier molecular flexibility index (Phi) is 19.0. The Labute approximate surface area is 131 Å². The van der Waals surface area contributed by atoms with Crippen LogP contribution >= 0.6 is 11.8 Å². The van der Waals surface area contributed by atoms with E-state index in [4.69, 9.17) is 0 Å². The minimum Gasteiger partial charge on any atom is -0.303 e. The molecular formula is C18H36OS. The van der Waals surface area contributed by atoms with Gasteiger partial charge in [-0.15, -0.1) is 0 Å². The molecule has 0 amide bonds. The first-order valence-corrected chi connectivity index (χ1v) is 10.1. The average Bonchev–Trinajstić information content (AvgIpc) is 2.47. The van der Waals surface area contributed by atoms with Crippen molar-refractivity contribution in [2.75, 3.05) is 11.5 Å². The summed E-state index contributed by atoms with van der Waals surface area (Å²) in [6.45, 7) is 2.28. The van der Waals surface area contributed by atoms with Crippen molar-refractivity contribution in [3.8, 4) is 0 Å². The monoisotopic (exact) mass is 300 g/mol. The van der Waals surface area contributed by atoms with E-state index in [2.05, 4.69) is 18.7 Å². The lowest BCUT2D eigenvalue weighted by molar-refractivity contribution is -0.107. The molecule has 0 saturated heterocycles. The molecule has 0 radical (unpaired) electrons. The van der Waals surface area contributed by atoms with Gasteiger partial charge < -0.3 is 4.79 Å². The third-order valence-corrected chi connectivity index (χ3v) is 4.91. The SMILES string of the molecule is CCCCCCCCSCCCCCCCCCC=O. The molecule has 0 aromatic carbocycles. The van der Waals surface area contributed by atoms with Gasteiger partial charge >= 0.3 is 0 Å². The van der Waals surface area contributed by atoms with Crippen molar-refractivity contribution >= 4 is 18.0 Å². The predicted octanol–water partition coefficient (Wildman–Crippen LogP) is 6.40. The van der Waals surface area contributed by atoms with Crippen LogP contribution in [-0.2, 0) is 4.79 Å². The number of unbranched alkanes of at least 4 members (excludes halogenated alkanes) is 12. The van der Waals surface area contributed by atoms with Gasteiger partial charge in [-0.2, -0.15) is 11.8 Å². The zero-order valence-electron chi connectivity index (χ0n) is 13.7. The first-order chi connectivity index (χ1) is 9.91. The van der Waals surface area contributed by atoms with Gasteiger partial charge in [0.2, 0.25) is 0 Å². The Morgan fingerprint density at radius 2 is 1.10 bits per heavy atom. The highest BCUT2D eigenvalue weighted by Gasteiger charge is 1.94. The van der Waals surface area contributed by atoms with Gasteiger partial charge in [-0.25, -0.2) is 0 Å². The van der Waals surface area contributed by atoms with Gasteiger partial charge in [0, 0.05) is 6.42 Å². The van der Waals surface area contributed by atoms with Crippen LogP contribution in [0.15, 0.2) is 0 Å². The highest BCUT2D eigenvalue weighted by Crippen LogP contribution is 2.13. The normalized spacial score (nSPS) is 10.8. The Morgan fingerprint density at radius 3 is 1.60 bits per heavy atom. The molecule has 0 aliphatic heterocycles. The highest BCUT2D eigenvalue weighted by molar-refractivity contribution is 7.99. The Hall–Kier alpha value is 0.0200. The summed E-state index contributed by atoms with van der Waals surface area (Å²) in [6.07, 6.45) is 19.5. The second kappa shape index (κ2) is 19.0. The molecule has 2 heteroatoms. The van der Waals surface area contributed by atoms with E-state index in [1.807, 2.05) is 0 Å². The fourth-order valence-electron chi connectivity index (χ4n) is 2.40. The minimum atomic E-state index is 0.759. The van der Waals surface area contributed by atoms with E-state index in [0.29, 0.717) is 0 Å². The van der Waals surface area contributed by atoms with Gasteiger partial charge in [-0.3, -0.25) is 0 Å². The molecule has 0 spiro atoms. The van der Waals surface area contributed by atoms with E-state index >= 15 is 0 Å². The maximum Gasteiger partial charge on any atom is 0.119 e. The van der Waals surface area contributed by atoms with Gasteiger partial charge in [-0.1, -0.05) is 71.1 Å². The standard InChI is InChI=1S/C18H36OS/c1-2-3-4-5-11-14-17-20-18-15-12-9-7-6-8-10-13-16-19/h16H,2-15,17-18H2,1H3. The molecule has 0 unspecified atom stereocenters. The molecule has 0 atom stereocenters. The predicted molar refractivity (Wildman–Crippen MR) is 93.7 cm³/mol. The van der Waals surface area contributed by atoms with Crippen molar-refractivity contribution in [2.24, 2.45) is 0 Å². The number of thioether (sulfide) groups is 1. The van der Waals surface area contributed by atoms with E-state index in [1.165, 1.54) is 88.6 Å². The highest BCUT2D eigenvalue weighted by atomic mass is 32.2. The topological polar surface area (TPSA) is 17.1 Å². The lowest BCUT2D eigenvalue weighted by atomic mass is 10.1. The fraction of sp³-hybridized carbons (Fsp3) is 0.944. The number of hydrogen-bond acceptors (Lipinski definition) is 2. The van der Waals surface area contributed by atoms with Gasteiger partial charge in [-0.05, 0) is 30.8 Å². The zero-order valence-corrected chi connectivity index (χ0v) is 14.5. The molecule has 0 aliphatic carbocycles. The molecule has 0 bridgehead atoms. The van der Waals surface area contributed by atoms with E-state index in [1.54, 1.807) is 0 Å². The molecule has 0 aromatic heterocycles. The largest absolute Gasteiger partial charge is 0.303 e. The van der Waals surface area contributed by atoms with Crippen molar-refractivity contribution in [1.82, 2.24) is 0 Å². The summed E-state index contributed by atoms with van der Waals surface area (Å²) >= 11 is 2.15. The smallest absolute Gasteiger partial charge is 0.119 e. The van der Waals surface area contributed by atoms with Crippen LogP contribution in [0.2, 0.25) is 0 Å². The quantitative estimate of drug-likeness (QED) is 0.228. The lowest BCUT2D eigenvalue weighted by Gasteiger charge is -2.03. The number of hydrogen-bond donors (Lipinski definition) is 0. The van der Waals surface area contributed by atoms with Crippen LogP contribution in [0.25, 0.3) is 0 Å². The van der Waals surface area contributed by atoms with Gasteiger partial charge in [0.25, 0.3) is 0 Å². The van der Waals surface area contributed by atoms with Gasteiger partial charge in [0.15, 0.2) is 0 Å². The van der Waals surface area contributed by atoms with Crippen molar-refractivity contribution in [1.29, 1.82) is 0 Å². The van der Waals surface area contributed by atoms with E-state index in [-0.39, 0.29) is 0 Å². The van der Waals surface area contributed by atoms with E-state index < -0.39 is 0 Å². The Morgan fingerprint density at radius 1 is 0.650 bits per heavy atom. The van der Waals surface area contributed by atoms with Crippen LogP contribution in [0, 0.1) is 0 Å². The molecular weight excluding hydrogens is 264 g/mol. The summed E-state index contributed by atoms with van der Waals surface area (Å²) in [6, 6.07) is 0. The second-order valence-electron chi connectivity index (χ2n) is 5.81. The number of carbonyl (C=O) groups is 1. The first kappa shape index (κ1) is 20.0. The molecule has 0 N–H and O–H groups in total. The molecule has 0 heterocycles. The van der Waals surface area contributed by atoms with Crippen LogP contribution in [0.1, 0.15) is 96.8 Å². The Bertz CT molecular complexity index is 182. The van der Waals surface area contributed by atoms with Crippen molar-refractivity contribution in [2.45, 2.75) is 96.8 Å².